The molecule has 0 spiro atoms. The van der Waals surface area contributed by atoms with Crippen LogP contribution in [0.3, 0.4) is 0 Å². The summed E-state index contributed by atoms with van der Waals surface area (Å²) in [6.07, 6.45) is 0.718. The molecule has 0 atom stereocenters. The predicted molar refractivity (Wildman–Crippen MR) is 97.7 cm³/mol. The Hall–Kier alpha value is -3.22. The van der Waals surface area contributed by atoms with E-state index in [-0.39, 0.29) is 17.4 Å². The van der Waals surface area contributed by atoms with Crippen molar-refractivity contribution in [3.63, 3.8) is 0 Å². The predicted octanol–water partition coefficient (Wildman–Crippen LogP) is 3.13. The van der Waals surface area contributed by atoms with Crippen LogP contribution in [0.25, 0.3) is 11.5 Å². The minimum atomic E-state index is -0.417. The summed E-state index contributed by atoms with van der Waals surface area (Å²) in [6.45, 7) is 0.436. The lowest BCUT2D eigenvalue weighted by molar-refractivity contribution is -0.129. The van der Waals surface area contributed by atoms with Crippen LogP contribution in [0.1, 0.15) is 11.4 Å². The third-order valence-electron chi connectivity index (χ3n) is 4.18. The molecule has 2 aromatic carbocycles. The molecular weight excluding hydrogens is 349 g/mol. The topological polar surface area (TPSA) is 68.5 Å². The number of rotatable bonds is 7. The SMILES string of the molecule is COc1ccc(CC(=O)N(C)CCc2noc(-c3ccccc3F)n2)cc1. The van der Waals surface area contributed by atoms with Crippen LogP contribution in [0.15, 0.2) is 53.1 Å². The van der Waals surface area contributed by atoms with Gasteiger partial charge in [-0.15, -0.1) is 0 Å². The monoisotopic (exact) mass is 369 g/mol. The Morgan fingerprint density at radius 1 is 1.19 bits per heavy atom. The first kappa shape index (κ1) is 18.6. The Labute approximate surface area is 156 Å². The third-order valence-corrected chi connectivity index (χ3v) is 4.18. The molecule has 1 aromatic heterocycles. The lowest BCUT2D eigenvalue weighted by atomic mass is 10.1. The maximum Gasteiger partial charge on any atom is 0.260 e. The Morgan fingerprint density at radius 3 is 2.63 bits per heavy atom. The van der Waals surface area contributed by atoms with E-state index in [0.29, 0.717) is 25.2 Å². The van der Waals surface area contributed by atoms with Crippen LogP contribution in [0.5, 0.6) is 5.75 Å². The van der Waals surface area contributed by atoms with Crippen LogP contribution in [0.4, 0.5) is 4.39 Å². The Balaban J connectivity index is 1.55. The van der Waals surface area contributed by atoms with Crippen LogP contribution in [-0.4, -0.2) is 41.6 Å². The number of amides is 1. The number of benzene rings is 2. The zero-order valence-corrected chi connectivity index (χ0v) is 15.2. The first-order valence-corrected chi connectivity index (χ1v) is 8.51. The number of aromatic nitrogens is 2. The number of carbonyl (C=O) groups excluding carboxylic acids is 1. The van der Waals surface area contributed by atoms with E-state index >= 15 is 0 Å². The van der Waals surface area contributed by atoms with Crippen LogP contribution in [0.2, 0.25) is 0 Å². The molecule has 0 radical (unpaired) electrons. The summed E-state index contributed by atoms with van der Waals surface area (Å²) in [6, 6.07) is 13.6. The molecule has 3 aromatic rings. The Bertz CT molecular complexity index is 909. The highest BCUT2D eigenvalue weighted by molar-refractivity contribution is 5.78. The van der Waals surface area contributed by atoms with E-state index in [0.717, 1.165) is 11.3 Å². The summed E-state index contributed by atoms with van der Waals surface area (Å²) in [4.78, 5) is 18.2. The van der Waals surface area contributed by atoms with Crippen LogP contribution < -0.4 is 4.74 Å². The van der Waals surface area contributed by atoms with E-state index < -0.39 is 5.82 Å². The van der Waals surface area contributed by atoms with E-state index in [2.05, 4.69) is 10.1 Å². The molecule has 0 aliphatic carbocycles. The average Bonchev–Trinajstić information content (AvgIpc) is 3.15. The second kappa shape index (κ2) is 8.44. The summed E-state index contributed by atoms with van der Waals surface area (Å²) < 4.78 is 24.0. The minimum absolute atomic E-state index is 0.0158. The highest BCUT2D eigenvalue weighted by atomic mass is 19.1. The molecule has 7 heteroatoms. The summed E-state index contributed by atoms with van der Waals surface area (Å²) in [5.74, 6) is 0.882. The number of nitrogens with zero attached hydrogens (tertiary/aromatic N) is 3. The van der Waals surface area contributed by atoms with Crippen molar-refractivity contribution < 1.29 is 18.4 Å². The number of hydrogen-bond acceptors (Lipinski definition) is 5. The molecule has 1 heterocycles. The third kappa shape index (κ3) is 4.69. The van der Waals surface area contributed by atoms with Crippen molar-refractivity contribution in [2.45, 2.75) is 12.8 Å². The quantitative estimate of drug-likeness (QED) is 0.640. The van der Waals surface area contributed by atoms with Gasteiger partial charge in [-0.05, 0) is 29.8 Å². The maximum atomic E-state index is 13.8. The summed E-state index contributed by atoms with van der Waals surface area (Å²) in [5.41, 5.74) is 1.18. The van der Waals surface area contributed by atoms with Gasteiger partial charge in [-0.2, -0.15) is 4.98 Å². The second-order valence-electron chi connectivity index (χ2n) is 6.09. The molecule has 27 heavy (non-hydrogen) atoms. The van der Waals surface area contributed by atoms with Crippen LogP contribution >= 0.6 is 0 Å². The zero-order valence-electron chi connectivity index (χ0n) is 15.2. The molecule has 0 saturated carbocycles. The van der Waals surface area contributed by atoms with Crippen LogP contribution in [0, 0.1) is 5.82 Å². The fourth-order valence-corrected chi connectivity index (χ4v) is 2.54. The van der Waals surface area contributed by atoms with Crippen molar-refractivity contribution in [3.8, 4) is 17.2 Å². The summed E-state index contributed by atoms with van der Waals surface area (Å²) >= 11 is 0. The van der Waals surface area contributed by atoms with Crippen LogP contribution in [-0.2, 0) is 17.6 Å². The fraction of sp³-hybridized carbons (Fsp3) is 0.250. The molecular formula is C20H20FN3O3. The maximum absolute atomic E-state index is 13.8. The smallest absolute Gasteiger partial charge is 0.260 e. The van der Waals surface area contributed by atoms with Gasteiger partial charge in [0.1, 0.15) is 11.6 Å². The minimum Gasteiger partial charge on any atom is -0.497 e. The van der Waals surface area contributed by atoms with E-state index in [9.17, 15) is 9.18 Å². The largest absolute Gasteiger partial charge is 0.497 e. The van der Waals surface area contributed by atoms with E-state index in [1.807, 2.05) is 24.3 Å². The van der Waals surface area contributed by atoms with Gasteiger partial charge < -0.3 is 14.2 Å². The average molecular weight is 369 g/mol. The van der Waals surface area contributed by atoms with Crippen molar-refractivity contribution in [2.24, 2.45) is 0 Å². The Kier molecular flexibility index (Phi) is 5.80. The van der Waals surface area contributed by atoms with Crippen molar-refractivity contribution >= 4 is 5.91 Å². The molecule has 0 bridgehead atoms. The van der Waals surface area contributed by atoms with E-state index in [1.54, 1.807) is 37.3 Å². The first-order valence-electron chi connectivity index (χ1n) is 8.51. The highest BCUT2D eigenvalue weighted by Gasteiger charge is 2.15. The van der Waals surface area contributed by atoms with Gasteiger partial charge in [0.15, 0.2) is 5.82 Å². The fourth-order valence-electron chi connectivity index (χ4n) is 2.54. The standard InChI is InChI=1S/C20H20FN3O3/c1-24(19(25)13-14-7-9-15(26-2)10-8-14)12-11-18-22-20(27-23-18)16-5-3-4-6-17(16)21/h3-10H,11-13H2,1-2H3. The second-order valence-corrected chi connectivity index (χ2v) is 6.09. The number of halogens is 1. The van der Waals surface area contributed by atoms with Crippen molar-refractivity contribution in [3.05, 3.63) is 65.7 Å². The number of ether oxygens (including phenoxy) is 1. The lowest BCUT2D eigenvalue weighted by Gasteiger charge is -2.16. The normalized spacial score (nSPS) is 10.6. The van der Waals surface area contributed by atoms with Gasteiger partial charge in [0.25, 0.3) is 5.89 Å². The van der Waals surface area contributed by atoms with Crippen molar-refractivity contribution in [1.29, 1.82) is 0 Å². The molecule has 3 rings (SSSR count). The number of likely N-dealkylation sites (N-methyl/N-ethyl adjacent to an activating group) is 1. The molecule has 0 saturated heterocycles. The van der Waals surface area contributed by atoms with Gasteiger partial charge in [-0.1, -0.05) is 29.4 Å². The molecule has 0 aliphatic rings. The van der Waals surface area contributed by atoms with Gasteiger partial charge in [0.05, 0.1) is 19.1 Å². The van der Waals surface area contributed by atoms with E-state index in [4.69, 9.17) is 9.26 Å². The highest BCUT2D eigenvalue weighted by Crippen LogP contribution is 2.20. The molecule has 0 aliphatic heterocycles. The van der Waals surface area contributed by atoms with Gasteiger partial charge in [0.2, 0.25) is 5.91 Å². The summed E-state index contributed by atoms with van der Waals surface area (Å²) in [7, 11) is 3.33. The first-order chi connectivity index (χ1) is 13.1. The number of carbonyl (C=O) groups is 1. The van der Waals surface area contributed by atoms with Crippen molar-refractivity contribution in [1.82, 2.24) is 15.0 Å². The lowest BCUT2D eigenvalue weighted by Crippen LogP contribution is -2.30. The number of hydrogen-bond donors (Lipinski definition) is 0. The molecule has 0 fully saturated rings. The van der Waals surface area contributed by atoms with Gasteiger partial charge in [0, 0.05) is 20.0 Å². The molecule has 0 unspecified atom stereocenters. The van der Waals surface area contributed by atoms with Crippen molar-refractivity contribution in [2.75, 3.05) is 20.7 Å². The molecule has 140 valence electrons. The number of methoxy groups -OCH3 is 1. The summed E-state index contributed by atoms with van der Waals surface area (Å²) in [5, 5.41) is 3.86. The molecule has 0 N–H and O–H groups in total. The Morgan fingerprint density at radius 2 is 1.93 bits per heavy atom. The van der Waals surface area contributed by atoms with Gasteiger partial charge in [-0.3, -0.25) is 4.79 Å². The van der Waals surface area contributed by atoms with E-state index in [1.165, 1.54) is 6.07 Å². The molecule has 1 amide bonds. The van der Waals surface area contributed by atoms with Gasteiger partial charge >= 0.3 is 0 Å². The zero-order chi connectivity index (χ0) is 19.2. The molecule has 6 nitrogen and oxygen atoms in total. The van der Waals surface area contributed by atoms with Gasteiger partial charge in [-0.25, -0.2) is 4.39 Å².